The predicted molar refractivity (Wildman–Crippen MR) is 101 cm³/mol. The summed E-state index contributed by atoms with van der Waals surface area (Å²) in [5.74, 6) is 1.43. The molecule has 2 aliphatic rings. The predicted octanol–water partition coefficient (Wildman–Crippen LogP) is 1.62. The Labute approximate surface area is 160 Å². The molecule has 0 bridgehead atoms. The lowest BCUT2D eigenvalue weighted by molar-refractivity contribution is -0.130. The maximum Gasteiger partial charge on any atom is 0.255 e. The quantitative estimate of drug-likeness (QED) is 0.770. The lowest BCUT2D eigenvalue weighted by atomic mass is 9.98. The van der Waals surface area contributed by atoms with Gasteiger partial charge in [-0.1, -0.05) is 0 Å². The second-order valence-electron chi connectivity index (χ2n) is 6.89. The second-order valence-corrected chi connectivity index (χ2v) is 6.89. The first-order valence-corrected chi connectivity index (χ1v) is 9.29. The third kappa shape index (κ3) is 5.64. The molecule has 0 saturated carbocycles. The lowest BCUT2D eigenvalue weighted by Gasteiger charge is -2.23. The van der Waals surface area contributed by atoms with Gasteiger partial charge >= 0.3 is 0 Å². The fourth-order valence-electron chi connectivity index (χ4n) is 3.24. The molecule has 9 heteroatoms. The van der Waals surface area contributed by atoms with E-state index in [9.17, 15) is 4.79 Å². The SMILES string of the molecule is CC(OCC1CCCCO1)C(=O)Nc1nc(C2CCNCC2)nn1C.Cl. The number of rotatable bonds is 6. The summed E-state index contributed by atoms with van der Waals surface area (Å²) in [5, 5.41) is 10.6. The van der Waals surface area contributed by atoms with Crippen molar-refractivity contribution in [1.29, 1.82) is 0 Å². The molecular formula is C17H30ClN5O3. The van der Waals surface area contributed by atoms with E-state index >= 15 is 0 Å². The van der Waals surface area contributed by atoms with Crippen LogP contribution in [0.4, 0.5) is 5.95 Å². The zero-order valence-corrected chi connectivity index (χ0v) is 16.4. The number of hydrogen-bond donors (Lipinski definition) is 2. The molecule has 0 aromatic carbocycles. The molecule has 8 nitrogen and oxygen atoms in total. The molecule has 0 radical (unpaired) electrons. The highest BCUT2D eigenvalue weighted by Gasteiger charge is 2.23. The molecule has 2 atom stereocenters. The van der Waals surface area contributed by atoms with Crippen molar-refractivity contribution in [2.45, 2.75) is 57.2 Å². The lowest BCUT2D eigenvalue weighted by Crippen LogP contribution is -2.33. The summed E-state index contributed by atoms with van der Waals surface area (Å²) < 4.78 is 12.9. The van der Waals surface area contributed by atoms with Gasteiger partial charge in [0, 0.05) is 19.6 Å². The number of halogens is 1. The fourth-order valence-corrected chi connectivity index (χ4v) is 3.24. The van der Waals surface area contributed by atoms with E-state index in [1.807, 2.05) is 0 Å². The minimum Gasteiger partial charge on any atom is -0.376 e. The van der Waals surface area contributed by atoms with Gasteiger partial charge in [0.2, 0.25) is 5.95 Å². The molecule has 3 rings (SSSR count). The molecule has 26 heavy (non-hydrogen) atoms. The van der Waals surface area contributed by atoms with Gasteiger partial charge in [-0.15, -0.1) is 12.4 Å². The first-order valence-electron chi connectivity index (χ1n) is 9.29. The molecule has 2 aliphatic heterocycles. The van der Waals surface area contributed by atoms with Gasteiger partial charge in [-0.05, 0) is 52.1 Å². The molecule has 0 aliphatic carbocycles. The van der Waals surface area contributed by atoms with E-state index in [0.29, 0.717) is 18.5 Å². The monoisotopic (exact) mass is 387 g/mol. The van der Waals surface area contributed by atoms with Crippen LogP contribution in [0.25, 0.3) is 0 Å². The van der Waals surface area contributed by atoms with Crippen molar-refractivity contribution >= 4 is 24.3 Å². The van der Waals surface area contributed by atoms with Crippen LogP contribution in [0.2, 0.25) is 0 Å². The molecule has 2 saturated heterocycles. The number of nitrogens with one attached hydrogen (secondary N) is 2. The van der Waals surface area contributed by atoms with Gasteiger partial charge in [-0.3, -0.25) is 10.1 Å². The molecular weight excluding hydrogens is 358 g/mol. The average molecular weight is 388 g/mol. The molecule has 1 aromatic heterocycles. The average Bonchev–Trinajstić information content (AvgIpc) is 3.02. The first-order chi connectivity index (χ1) is 12.1. The number of amides is 1. The number of anilines is 1. The summed E-state index contributed by atoms with van der Waals surface area (Å²) in [6.07, 6.45) is 4.87. The van der Waals surface area contributed by atoms with Crippen molar-refractivity contribution in [3.63, 3.8) is 0 Å². The number of aryl methyl sites for hydroxylation is 1. The first kappa shape index (κ1) is 21.1. The molecule has 2 N–H and O–H groups in total. The normalized spacial score (nSPS) is 22.5. The Morgan fingerprint density at radius 2 is 2.15 bits per heavy atom. The van der Waals surface area contributed by atoms with Gasteiger partial charge in [0.25, 0.3) is 5.91 Å². The van der Waals surface area contributed by atoms with Crippen LogP contribution < -0.4 is 10.6 Å². The summed E-state index contributed by atoms with van der Waals surface area (Å²) in [6, 6.07) is 0. The Kier molecular flexibility index (Phi) is 8.27. The number of hydrogen-bond acceptors (Lipinski definition) is 6. The minimum absolute atomic E-state index is 0. The zero-order valence-electron chi connectivity index (χ0n) is 15.6. The van der Waals surface area contributed by atoms with Crippen LogP contribution in [0, 0.1) is 0 Å². The third-order valence-electron chi connectivity index (χ3n) is 4.89. The van der Waals surface area contributed by atoms with Crippen LogP contribution in [0.3, 0.4) is 0 Å². The topological polar surface area (TPSA) is 90.3 Å². The summed E-state index contributed by atoms with van der Waals surface area (Å²) in [6.45, 7) is 4.96. The molecule has 0 spiro atoms. The smallest absolute Gasteiger partial charge is 0.255 e. The standard InChI is InChI=1S/C17H29N5O3.ClH/c1-12(25-11-14-5-3-4-10-24-14)16(23)20-17-19-15(21-22(17)2)13-6-8-18-9-7-13;/h12-14,18H,3-11H2,1-2H3,(H,19,20,21,23);1H. The largest absolute Gasteiger partial charge is 0.376 e. The van der Waals surface area contributed by atoms with E-state index < -0.39 is 6.10 Å². The number of nitrogens with zero attached hydrogens (tertiary/aromatic N) is 3. The number of carbonyl (C=O) groups is 1. The van der Waals surface area contributed by atoms with Crippen LogP contribution in [0.5, 0.6) is 0 Å². The van der Waals surface area contributed by atoms with Crippen LogP contribution in [0.1, 0.15) is 50.8 Å². The Hall–Kier alpha value is -1.22. The van der Waals surface area contributed by atoms with Crippen molar-refractivity contribution in [3.05, 3.63) is 5.82 Å². The number of piperidine rings is 1. The summed E-state index contributed by atoms with van der Waals surface area (Å²) >= 11 is 0. The zero-order chi connectivity index (χ0) is 17.6. The molecule has 3 heterocycles. The Morgan fingerprint density at radius 1 is 1.38 bits per heavy atom. The van der Waals surface area contributed by atoms with Gasteiger partial charge in [-0.2, -0.15) is 10.1 Å². The fraction of sp³-hybridized carbons (Fsp3) is 0.824. The highest BCUT2D eigenvalue weighted by Crippen LogP contribution is 2.23. The van der Waals surface area contributed by atoms with Crippen molar-refractivity contribution < 1.29 is 14.3 Å². The van der Waals surface area contributed by atoms with E-state index in [0.717, 1.165) is 57.6 Å². The summed E-state index contributed by atoms with van der Waals surface area (Å²) in [5.41, 5.74) is 0. The van der Waals surface area contributed by atoms with Gasteiger partial charge < -0.3 is 14.8 Å². The van der Waals surface area contributed by atoms with Crippen LogP contribution >= 0.6 is 12.4 Å². The number of aromatic nitrogens is 3. The van der Waals surface area contributed by atoms with Crippen molar-refractivity contribution in [2.24, 2.45) is 7.05 Å². The van der Waals surface area contributed by atoms with E-state index in [2.05, 4.69) is 20.7 Å². The number of carbonyl (C=O) groups excluding carboxylic acids is 1. The molecule has 2 fully saturated rings. The van der Waals surface area contributed by atoms with Crippen LogP contribution in [0.15, 0.2) is 0 Å². The molecule has 1 aromatic rings. The van der Waals surface area contributed by atoms with Crippen molar-refractivity contribution in [1.82, 2.24) is 20.1 Å². The highest BCUT2D eigenvalue weighted by atomic mass is 35.5. The van der Waals surface area contributed by atoms with E-state index in [1.54, 1.807) is 18.7 Å². The summed E-state index contributed by atoms with van der Waals surface area (Å²) in [4.78, 5) is 16.9. The highest BCUT2D eigenvalue weighted by molar-refractivity contribution is 5.92. The van der Waals surface area contributed by atoms with E-state index in [1.165, 1.54) is 0 Å². The van der Waals surface area contributed by atoms with Gasteiger partial charge in [0.1, 0.15) is 6.10 Å². The maximum absolute atomic E-state index is 12.4. The van der Waals surface area contributed by atoms with Crippen LogP contribution in [-0.4, -0.2) is 59.2 Å². The molecule has 2 unspecified atom stereocenters. The van der Waals surface area contributed by atoms with Crippen molar-refractivity contribution in [3.8, 4) is 0 Å². The van der Waals surface area contributed by atoms with Crippen LogP contribution in [-0.2, 0) is 21.3 Å². The number of ether oxygens (including phenoxy) is 2. The molecule has 148 valence electrons. The van der Waals surface area contributed by atoms with Crippen molar-refractivity contribution in [2.75, 3.05) is 31.6 Å². The Morgan fingerprint density at radius 3 is 2.85 bits per heavy atom. The Balaban J connectivity index is 0.00000243. The second kappa shape index (κ2) is 10.2. The van der Waals surface area contributed by atoms with Gasteiger partial charge in [0.15, 0.2) is 5.82 Å². The third-order valence-corrected chi connectivity index (χ3v) is 4.89. The molecule has 1 amide bonds. The van der Waals surface area contributed by atoms with E-state index in [-0.39, 0.29) is 24.4 Å². The van der Waals surface area contributed by atoms with Gasteiger partial charge in [0.05, 0.1) is 12.7 Å². The maximum atomic E-state index is 12.4. The van der Waals surface area contributed by atoms with Gasteiger partial charge in [-0.25, -0.2) is 4.68 Å². The summed E-state index contributed by atoms with van der Waals surface area (Å²) in [7, 11) is 1.80. The van der Waals surface area contributed by atoms with E-state index in [4.69, 9.17) is 9.47 Å². The Bertz CT molecular complexity index is 571. The minimum atomic E-state index is -0.551.